The molecule has 0 radical (unpaired) electrons. The summed E-state index contributed by atoms with van der Waals surface area (Å²) in [6.07, 6.45) is 1.38. The largest absolute Gasteiger partial charge is 0.481 e. The molecule has 0 saturated heterocycles. The van der Waals surface area contributed by atoms with E-state index in [-0.39, 0.29) is 30.1 Å². The summed E-state index contributed by atoms with van der Waals surface area (Å²) in [5.74, 6) is -1.75. The maximum absolute atomic E-state index is 12.3. The van der Waals surface area contributed by atoms with Gasteiger partial charge in [-0.3, -0.25) is 9.59 Å². The Bertz CT molecular complexity index is 1670. The fourth-order valence-electron chi connectivity index (χ4n) is 4.42. The van der Waals surface area contributed by atoms with E-state index in [9.17, 15) is 19.2 Å². The molecule has 0 aliphatic rings. The van der Waals surface area contributed by atoms with Gasteiger partial charge in [-0.05, 0) is 107 Å². The lowest BCUT2D eigenvalue weighted by Gasteiger charge is -2.19. The van der Waals surface area contributed by atoms with Crippen LogP contribution in [0.4, 0.5) is 5.69 Å². The zero-order valence-electron chi connectivity index (χ0n) is 30.7. The molecule has 0 fully saturated rings. The van der Waals surface area contributed by atoms with Gasteiger partial charge in [-0.25, -0.2) is 9.59 Å². The standard InChI is InChI=1S/C21H25NO3.C11H15NO2.C10H12O2/c1-21(2,3)25-20(24)17-11-9-16(10-12-17)14-19(23)18(22)13-15-7-5-4-6-8-15;1-11(2,3)14-10(13)8-4-6-9(12)7-5-8;1-8(10(11)12)7-9-5-3-2-4-6-9/h4-12,18H,13-14,22H2,1-3H3;4-7H,12H2,1-3H3;2-6,8H,7H2,1H3,(H,11,12)/t18-;;8-/m0.0/s1. The van der Waals surface area contributed by atoms with E-state index in [1.54, 1.807) is 55.5 Å². The highest BCUT2D eigenvalue weighted by Crippen LogP contribution is 2.15. The maximum Gasteiger partial charge on any atom is 0.338 e. The Morgan fingerprint density at radius 2 is 1.00 bits per heavy atom. The summed E-state index contributed by atoms with van der Waals surface area (Å²) < 4.78 is 10.5. The third-order valence-corrected chi connectivity index (χ3v) is 7.03. The summed E-state index contributed by atoms with van der Waals surface area (Å²) >= 11 is 0. The van der Waals surface area contributed by atoms with Crippen LogP contribution < -0.4 is 11.5 Å². The predicted octanol–water partition coefficient (Wildman–Crippen LogP) is 7.50. The minimum Gasteiger partial charge on any atom is -0.481 e. The van der Waals surface area contributed by atoms with Gasteiger partial charge in [0, 0.05) is 12.1 Å². The van der Waals surface area contributed by atoms with Crippen molar-refractivity contribution >= 4 is 29.4 Å². The summed E-state index contributed by atoms with van der Waals surface area (Å²) in [4.78, 5) is 46.3. The second kappa shape index (κ2) is 19.8. The molecule has 0 amide bonds. The number of nitrogen functional groups attached to an aromatic ring is 1. The second-order valence-corrected chi connectivity index (χ2v) is 14.2. The van der Waals surface area contributed by atoms with Gasteiger partial charge in [0.15, 0.2) is 5.78 Å². The monoisotopic (exact) mass is 696 g/mol. The number of hydrogen-bond acceptors (Lipinski definition) is 8. The number of nitrogens with two attached hydrogens (primary N) is 2. The zero-order valence-corrected chi connectivity index (χ0v) is 30.7. The molecule has 5 N–H and O–H groups in total. The highest BCUT2D eigenvalue weighted by Gasteiger charge is 2.19. The number of rotatable bonds is 10. The molecule has 9 nitrogen and oxygen atoms in total. The first-order valence-electron chi connectivity index (χ1n) is 16.8. The number of carboxylic acid groups (broad SMARTS) is 1. The van der Waals surface area contributed by atoms with Gasteiger partial charge in [0.2, 0.25) is 0 Å². The molecule has 0 heterocycles. The molecule has 272 valence electrons. The van der Waals surface area contributed by atoms with Gasteiger partial charge < -0.3 is 26.0 Å². The topological polar surface area (TPSA) is 159 Å². The molecule has 2 atom stereocenters. The molecule has 51 heavy (non-hydrogen) atoms. The van der Waals surface area contributed by atoms with Gasteiger partial charge in [0.05, 0.1) is 23.1 Å². The number of benzene rings is 4. The fourth-order valence-corrected chi connectivity index (χ4v) is 4.42. The molecule has 0 aliphatic carbocycles. The van der Waals surface area contributed by atoms with Crippen molar-refractivity contribution in [3.63, 3.8) is 0 Å². The summed E-state index contributed by atoms with van der Waals surface area (Å²) in [6, 6.07) is 32.4. The lowest BCUT2D eigenvalue weighted by Crippen LogP contribution is -2.33. The molecule has 0 unspecified atom stereocenters. The third kappa shape index (κ3) is 17.3. The van der Waals surface area contributed by atoms with E-state index in [1.165, 1.54) is 0 Å². The van der Waals surface area contributed by atoms with Crippen LogP contribution in [0, 0.1) is 5.92 Å². The quantitative estimate of drug-likeness (QED) is 0.113. The van der Waals surface area contributed by atoms with Crippen LogP contribution in [0.5, 0.6) is 0 Å². The molecule has 0 bridgehead atoms. The average molecular weight is 697 g/mol. The Morgan fingerprint density at radius 3 is 1.39 bits per heavy atom. The van der Waals surface area contributed by atoms with Crippen molar-refractivity contribution in [2.24, 2.45) is 11.7 Å². The van der Waals surface area contributed by atoms with Crippen LogP contribution in [-0.4, -0.2) is 46.0 Å². The van der Waals surface area contributed by atoms with Gasteiger partial charge >= 0.3 is 17.9 Å². The summed E-state index contributed by atoms with van der Waals surface area (Å²) in [5, 5.41) is 8.64. The number of Topliss-reactive ketones (excluding diaryl/α,β-unsaturated/α-hetero) is 1. The van der Waals surface area contributed by atoms with Crippen LogP contribution in [-0.2, 0) is 38.3 Å². The second-order valence-electron chi connectivity index (χ2n) is 14.2. The highest BCUT2D eigenvalue weighted by molar-refractivity contribution is 5.91. The van der Waals surface area contributed by atoms with E-state index in [2.05, 4.69) is 0 Å². The Hall–Kier alpha value is -5.28. The van der Waals surface area contributed by atoms with E-state index in [0.717, 1.165) is 16.7 Å². The number of esters is 2. The Balaban J connectivity index is 0.000000292. The van der Waals surface area contributed by atoms with Crippen LogP contribution in [0.3, 0.4) is 0 Å². The van der Waals surface area contributed by atoms with E-state index in [4.69, 9.17) is 26.0 Å². The van der Waals surface area contributed by atoms with Gasteiger partial charge in [-0.2, -0.15) is 0 Å². The fraction of sp³-hybridized carbons (Fsp3) is 0.333. The van der Waals surface area contributed by atoms with Crippen molar-refractivity contribution < 1.29 is 33.8 Å². The molecule has 4 aromatic rings. The third-order valence-electron chi connectivity index (χ3n) is 7.03. The van der Waals surface area contributed by atoms with E-state index >= 15 is 0 Å². The number of carbonyl (C=O) groups is 4. The van der Waals surface area contributed by atoms with Crippen molar-refractivity contribution in [1.82, 2.24) is 0 Å². The number of ketones is 1. The maximum atomic E-state index is 12.3. The Morgan fingerprint density at radius 1 is 0.608 bits per heavy atom. The lowest BCUT2D eigenvalue weighted by molar-refractivity contribution is -0.141. The molecule has 0 aromatic heterocycles. The van der Waals surface area contributed by atoms with Crippen molar-refractivity contribution in [2.45, 2.75) is 85.0 Å². The summed E-state index contributed by atoms with van der Waals surface area (Å²) in [6.45, 7) is 12.7. The van der Waals surface area contributed by atoms with E-state index < -0.39 is 23.2 Å². The van der Waals surface area contributed by atoms with Gasteiger partial charge in [-0.15, -0.1) is 0 Å². The van der Waals surface area contributed by atoms with Crippen LogP contribution >= 0.6 is 0 Å². The minimum atomic E-state index is -0.737. The van der Waals surface area contributed by atoms with Gasteiger partial charge in [0.25, 0.3) is 0 Å². The molecular formula is C42H52N2O7. The van der Waals surface area contributed by atoms with Crippen molar-refractivity contribution in [3.05, 3.63) is 137 Å². The number of hydrogen-bond donors (Lipinski definition) is 3. The van der Waals surface area contributed by atoms with Gasteiger partial charge in [0.1, 0.15) is 11.2 Å². The highest BCUT2D eigenvalue weighted by atomic mass is 16.6. The van der Waals surface area contributed by atoms with Crippen molar-refractivity contribution in [1.29, 1.82) is 0 Å². The lowest BCUT2D eigenvalue weighted by atomic mass is 9.98. The molecule has 4 aromatic carbocycles. The molecular weight excluding hydrogens is 644 g/mol. The van der Waals surface area contributed by atoms with E-state index in [0.29, 0.717) is 29.7 Å². The number of aliphatic carboxylic acids is 1. The molecule has 0 saturated carbocycles. The normalized spacial score (nSPS) is 12.1. The minimum absolute atomic E-state index is 0.0196. The molecule has 4 rings (SSSR count). The number of ether oxygens (including phenoxy) is 2. The Labute approximate surface area is 302 Å². The molecule has 9 heteroatoms. The number of carboxylic acids is 1. The first-order valence-corrected chi connectivity index (χ1v) is 16.8. The first-order chi connectivity index (χ1) is 23.8. The SMILES string of the molecule is CC(C)(C)OC(=O)c1ccc(CC(=O)[C@@H](N)Cc2ccccc2)cc1.CC(C)(C)OC(=O)c1ccc(N)cc1.C[C@@H](Cc1ccccc1)C(=O)O. The van der Waals surface area contributed by atoms with Crippen LogP contribution in [0.1, 0.15) is 85.9 Å². The van der Waals surface area contributed by atoms with Crippen LogP contribution in [0.15, 0.2) is 109 Å². The van der Waals surface area contributed by atoms with Gasteiger partial charge in [-0.1, -0.05) is 79.7 Å². The van der Waals surface area contributed by atoms with Crippen LogP contribution in [0.2, 0.25) is 0 Å². The smallest absolute Gasteiger partial charge is 0.338 e. The van der Waals surface area contributed by atoms with Crippen LogP contribution in [0.25, 0.3) is 0 Å². The number of carbonyl (C=O) groups excluding carboxylic acids is 3. The van der Waals surface area contributed by atoms with E-state index in [1.807, 2.05) is 102 Å². The number of anilines is 1. The predicted molar refractivity (Wildman–Crippen MR) is 201 cm³/mol. The summed E-state index contributed by atoms with van der Waals surface area (Å²) in [7, 11) is 0. The zero-order chi connectivity index (χ0) is 38.2. The van der Waals surface area contributed by atoms with Crippen molar-refractivity contribution in [3.8, 4) is 0 Å². The first kappa shape index (κ1) is 41.9. The average Bonchev–Trinajstić information content (AvgIpc) is 3.05. The molecule has 0 aliphatic heterocycles. The Kier molecular flexibility index (Phi) is 16.3. The molecule has 0 spiro atoms. The summed E-state index contributed by atoms with van der Waals surface area (Å²) in [5.41, 5.74) is 15.1. The van der Waals surface area contributed by atoms with Crippen molar-refractivity contribution in [2.75, 3.05) is 5.73 Å².